The highest BCUT2D eigenvalue weighted by Crippen LogP contribution is 2.37. The second-order valence-corrected chi connectivity index (χ2v) is 5.14. The quantitative estimate of drug-likeness (QED) is 0.824. The van der Waals surface area contributed by atoms with Gasteiger partial charge in [0.15, 0.2) is 6.61 Å². The number of ether oxygens (including phenoxy) is 1. The van der Waals surface area contributed by atoms with Crippen LogP contribution in [-0.4, -0.2) is 17.8 Å². The third kappa shape index (κ3) is 2.42. The highest BCUT2D eigenvalue weighted by molar-refractivity contribution is 6.36. The Morgan fingerprint density at radius 2 is 2.05 bits per heavy atom. The largest absolute Gasteiger partial charge is 0.482 e. The van der Waals surface area contributed by atoms with Gasteiger partial charge in [-0.25, -0.2) is 4.98 Å². The Morgan fingerprint density at radius 3 is 2.80 bits per heavy atom. The number of benzene rings is 1. The second-order valence-electron chi connectivity index (χ2n) is 4.76. The number of rotatable bonds is 2. The molecule has 1 aliphatic carbocycles. The van der Waals surface area contributed by atoms with Crippen LogP contribution in [0.15, 0.2) is 18.2 Å². The van der Waals surface area contributed by atoms with Gasteiger partial charge in [0.25, 0.3) is 0 Å². The van der Waals surface area contributed by atoms with Gasteiger partial charge in [-0.3, -0.25) is 0 Å². The highest BCUT2D eigenvalue weighted by Gasteiger charge is 2.29. The van der Waals surface area contributed by atoms with Gasteiger partial charge in [0, 0.05) is 11.1 Å². The molecule has 1 aliphatic rings. The molecule has 20 heavy (non-hydrogen) atoms. The molecule has 0 unspecified atom stereocenters. The zero-order valence-electron chi connectivity index (χ0n) is 10.4. The van der Waals surface area contributed by atoms with E-state index in [0.717, 1.165) is 30.5 Å². The fourth-order valence-electron chi connectivity index (χ4n) is 2.48. The Labute approximate surface area is 118 Å². The van der Waals surface area contributed by atoms with Crippen LogP contribution in [0.2, 0.25) is 5.02 Å². The van der Waals surface area contributed by atoms with Crippen molar-refractivity contribution < 1.29 is 17.9 Å². The first kappa shape index (κ1) is 13.5. The molecule has 2 nitrogen and oxygen atoms in total. The fourth-order valence-corrected chi connectivity index (χ4v) is 2.83. The second kappa shape index (κ2) is 4.81. The highest BCUT2D eigenvalue weighted by atomic mass is 35.5. The van der Waals surface area contributed by atoms with Crippen molar-refractivity contribution in [2.45, 2.75) is 25.4 Å². The number of pyridine rings is 1. The molecule has 1 aromatic heterocycles. The number of fused-ring (bicyclic) bond motifs is 2. The van der Waals surface area contributed by atoms with E-state index in [2.05, 4.69) is 4.98 Å². The van der Waals surface area contributed by atoms with Gasteiger partial charge in [-0.15, -0.1) is 0 Å². The average molecular weight is 302 g/mol. The van der Waals surface area contributed by atoms with Crippen molar-refractivity contribution in [3.8, 4) is 5.75 Å². The van der Waals surface area contributed by atoms with Crippen molar-refractivity contribution in [1.29, 1.82) is 0 Å². The van der Waals surface area contributed by atoms with E-state index in [0.29, 0.717) is 15.9 Å². The minimum absolute atomic E-state index is 0.122. The lowest BCUT2D eigenvalue weighted by atomic mass is 10.1. The molecule has 0 aliphatic heterocycles. The number of halogens is 4. The predicted octanol–water partition coefficient (Wildman–Crippen LogP) is 4.32. The third-order valence-corrected chi connectivity index (χ3v) is 3.76. The van der Waals surface area contributed by atoms with Crippen LogP contribution in [-0.2, 0) is 12.8 Å². The molecule has 1 heterocycles. The number of hydrogen-bond acceptors (Lipinski definition) is 2. The molecule has 2 aromatic rings. The zero-order valence-corrected chi connectivity index (χ0v) is 11.2. The molecule has 0 amide bonds. The summed E-state index contributed by atoms with van der Waals surface area (Å²) in [6, 6.07) is 4.87. The lowest BCUT2D eigenvalue weighted by molar-refractivity contribution is -0.153. The summed E-state index contributed by atoms with van der Waals surface area (Å²) in [5.41, 5.74) is 2.28. The molecule has 0 saturated heterocycles. The molecule has 0 fully saturated rings. The number of aromatic nitrogens is 1. The molecule has 3 rings (SSSR count). The van der Waals surface area contributed by atoms with Crippen molar-refractivity contribution >= 4 is 22.5 Å². The van der Waals surface area contributed by atoms with Crippen LogP contribution < -0.4 is 4.74 Å². The standard InChI is InChI=1S/C14H11ClF3NO/c15-12-8-3-1-5-10(8)19-13-9(12)4-2-6-11(13)20-7-14(16,17)18/h2,4,6H,1,3,5,7H2. The Balaban J connectivity index is 2.08. The summed E-state index contributed by atoms with van der Waals surface area (Å²) in [7, 11) is 0. The number of para-hydroxylation sites is 1. The van der Waals surface area contributed by atoms with E-state index < -0.39 is 12.8 Å². The number of hydrogen-bond donors (Lipinski definition) is 0. The smallest absolute Gasteiger partial charge is 0.422 e. The number of alkyl halides is 3. The van der Waals surface area contributed by atoms with Gasteiger partial charge in [0.2, 0.25) is 0 Å². The molecule has 0 saturated carbocycles. The van der Waals surface area contributed by atoms with Crippen molar-refractivity contribution in [2.75, 3.05) is 6.61 Å². The van der Waals surface area contributed by atoms with Crippen molar-refractivity contribution in [3.05, 3.63) is 34.5 Å². The van der Waals surface area contributed by atoms with Gasteiger partial charge < -0.3 is 4.74 Å². The summed E-state index contributed by atoms with van der Waals surface area (Å²) in [5, 5.41) is 1.23. The maximum Gasteiger partial charge on any atom is 0.422 e. The Morgan fingerprint density at radius 1 is 1.25 bits per heavy atom. The SMILES string of the molecule is FC(F)(F)COc1cccc2c(Cl)c3c(nc12)CCC3. The van der Waals surface area contributed by atoms with E-state index in [1.54, 1.807) is 12.1 Å². The monoisotopic (exact) mass is 301 g/mol. The molecule has 6 heteroatoms. The molecular formula is C14H11ClF3NO. The van der Waals surface area contributed by atoms with Crippen LogP contribution in [0.4, 0.5) is 13.2 Å². The van der Waals surface area contributed by atoms with Gasteiger partial charge in [-0.2, -0.15) is 13.2 Å². The van der Waals surface area contributed by atoms with E-state index in [4.69, 9.17) is 16.3 Å². The Hall–Kier alpha value is -1.49. The van der Waals surface area contributed by atoms with Crippen LogP contribution in [0.1, 0.15) is 17.7 Å². The van der Waals surface area contributed by atoms with Crippen LogP contribution in [0.3, 0.4) is 0 Å². The minimum Gasteiger partial charge on any atom is -0.482 e. The molecule has 0 radical (unpaired) electrons. The first-order valence-electron chi connectivity index (χ1n) is 6.25. The summed E-state index contributed by atoms with van der Waals surface area (Å²) < 4.78 is 41.7. The predicted molar refractivity (Wildman–Crippen MR) is 70.3 cm³/mol. The van der Waals surface area contributed by atoms with Gasteiger partial charge in [0.1, 0.15) is 11.3 Å². The van der Waals surface area contributed by atoms with Crippen LogP contribution in [0.5, 0.6) is 5.75 Å². The lowest BCUT2D eigenvalue weighted by Gasteiger charge is -2.13. The van der Waals surface area contributed by atoms with Gasteiger partial charge in [-0.05, 0) is 30.9 Å². The van der Waals surface area contributed by atoms with Crippen LogP contribution >= 0.6 is 11.6 Å². The van der Waals surface area contributed by atoms with E-state index in [-0.39, 0.29) is 5.75 Å². The van der Waals surface area contributed by atoms with Crippen molar-refractivity contribution in [2.24, 2.45) is 0 Å². The molecule has 0 spiro atoms. The molecule has 0 atom stereocenters. The van der Waals surface area contributed by atoms with Gasteiger partial charge >= 0.3 is 6.18 Å². The fraction of sp³-hybridized carbons (Fsp3) is 0.357. The van der Waals surface area contributed by atoms with E-state index in [1.165, 1.54) is 6.07 Å². The normalized spacial score (nSPS) is 14.6. The molecule has 1 aromatic carbocycles. The molecule has 106 valence electrons. The van der Waals surface area contributed by atoms with Crippen LogP contribution in [0, 0.1) is 0 Å². The summed E-state index contributed by atoms with van der Waals surface area (Å²) in [4.78, 5) is 4.44. The summed E-state index contributed by atoms with van der Waals surface area (Å²) >= 11 is 6.33. The lowest BCUT2D eigenvalue weighted by Crippen LogP contribution is -2.19. The topological polar surface area (TPSA) is 22.1 Å². The van der Waals surface area contributed by atoms with Crippen molar-refractivity contribution in [1.82, 2.24) is 4.98 Å². The maximum absolute atomic E-state index is 12.3. The third-order valence-electron chi connectivity index (χ3n) is 3.33. The Kier molecular flexibility index (Phi) is 3.24. The molecular weight excluding hydrogens is 291 g/mol. The zero-order chi connectivity index (χ0) is 14.3. The summed E-state index contributed by atoms with van der Waals surface area (Å²) in [5.74, 6) is 0.122. The average Bonchev–Trinajstić information content (AvgIpc) is 2.84. The minimum atomic E-state index is -4.37. The van der Waals surface area contributed by atoms with E-state index in [9.17, 15) is 13.2 Å². The number of aryl methyl sites for hydroxylation is 1. The van der Waals surface area contributed by atoms with Gasteiger partial charge in [0.05, 0.1) is 5.02 Å². The first-order chi connectivity index (χ1) is 9.46. The summed E-state index contributed by atoms with van der Waals surface area (Å²) in [6.07, 6.45) is -1.73. The van der Waals surface area contributed by atoms with Crippen LogP contribution in [0.25, 0.3) is 10.9 Å². The molecule has 0 N–H and O–H groups in total. The first-order valence-corrected chi connectivity index (χ1v) is 6.63. The van der Waals surface area contributed by atoms with Crippen molar-refractivity contribution in [3.63, 3.8) is 0 Å². The summed E-state index contributed by atoms with van der Waals surface area (Å²) in [6.45, 7) is -1.33. The Bertz CT molecular complexity index is 669. The number of nitrogens with zero attached hydrogens (tertiary/aromatic N) is 1. The van der Waals surface area contributed by atoms with Gasteiger partial charge in [-0.1, -0.05) is 23.7 Å². The van der Waals surface area contributed by atoms with E-state index in [1.807, 2.05) is 0 Å². The van der Waals surface area contributed by atoms with E-state index >= 15 is 0 Å². The maximum atomic E-state index is 12.3. The molecule has 0 bridgehead atoms.